The summed E-state index contributed by atoms with van der Waals surface area (Å²) in [5.41, 5.74) is 8.57. The van der Waals surface area contributed by atoms with Crippen molar-refractivity contribution in [1.82, 2.24) is 9.80 Å². The average molecular weight is 318 g/mol. The molecule has 2 aliphatic heterocycles. The van der Waals surface area contributed by atoms with E-state index < -0.39 is 0 Å². The van der Waals surface area contributed by atoms with Crippen molar-refractivity contribution in [2.45, 2.75) is 25.6 Å². The summed E-state index contributed by atoms with van der Waals surface area (Å²) in [4.78, 5) is 8.93. The molecule has 23 heavy (non-hydrogen) atoms. The van der Waals surface area contributed by atoms with Gasteiger partial charge in [-0.05, 0) is 17.5 Å². The summed E-state index contributed by atoms with van der Waals surface area (Å²) in [5, 5.41) is 9.67. The molecular weight excluding hydrogens is 292 g/mol. The lowest BCUT2D eigenvalue weighted by Gasteiger charge is -2.27. The second kappa shape index (κ2) is 7.77. The predicted octanol–water partition coefficient (Wildman–Crippen LogP) is 0.400. The molecule has 2 heterocycles. The van der Waals surface area contributed by atoms with E-state index in [2.05, 4.69) is 33.0 Å². The largest absolute Gasteiger partial charge is 0.392 e. The molecule has 2 saturated heterocycles. The lowest BCUT2D eigenvalue weighted by atomic mass is 10.1. The Morgan fingerprint density at radius 2 is 1.96 bits per heavy atom. The molecule has 1 unspecified atom stereocenters. The summed E-state index contributed by atoms with van der Waals surface area (Å²) in [6.45, 7) is 6.21. The van der Waals surface area contributed by atoms with Crippen LogP contribution in [0.25, 0.3) is 0 Å². The fraction of sp³-hybridized carbons (Fsp3) is 0.588. The van der Waals surface area contributed by atoms with E-state index in [0.29, 0.717) is 25.7 Å². The standard InChI is InChI=1S/C17H26N4O2/c18-17(21-7-9-23-10-8-21)19-11-14-3-1-2-4-15(14)12-20-6-5-16(22)13-20/h1-4,16,22H,5-13H2,(H2,18,19). The molecule has 6 heteroatoms. The van der Waals surface area contributed by atoms with Crippen molar-refractivity contribution < 1.29 is 9.84 Å². The predicted molar refractivity (Wildman–Crippen MR) is 90.1 cm³/mol. The Labute approximate surface area is 137 Å². The number of aliphatic hydroxyl groups excluding tert-OH is 1. The van der Waals surface area contributed by atoms with E-state index in [0.717, 1.165) is 39.1 Å². The van der Waals surface area contributed by atoms with Gasteiger partial charge in [0.1, 0.15) is 0 Å². The average Bonchev–Trinajstić information content (AvgIpc) is 2.99. The van der Waals surface area contributed by atoms with Crippen LogP contribution in [0.3, 0.4) is 0 Å². The van der Waals surface area contributed by atoms with Crippen molar-refractivity contribution >= 4 is 5.96 Å². The highest BCUT2D eigenvalue weighted by atomic mass is 16.5. The zero-order valence-electron chi connectivity index (χ0n) is 13.5. The molecule has 126 valence electrons. The van der Waals surface area contributed by atoms with Crippen LogP contribution in [0.1, 0.15) is 17.5 Å². The fourth-order valence-electron chi connectivity index (χ4n) is 3.12. The smallest absolute Gasteiger partial charge is 0.191 e. The molecule has 0 saturated carbocycles. The van der Waals surface area contributed by atoms with Gasteiger partial charge in [0.15, 0.2) is 5.96 Å². The van der Waals surface area contributed by atoms with Crippen LogP contribution in [0, 0.1) is 0 Å². The summed E-state index contributed by atoms with van der Waals surface area (Å²) in [6, 6.07) is 8.34. The Kier molecular flexibility index (Phi) is 5.48. The number of morpholine rings is 1. The molecule has 1 aromatic carbocycles. The molecular formula is C17H26N4O2. The van der Waals surface area contributed by atoms with E-state index in [-0.39, 0.29) is 6.10 Å². The number of aliphatic hydroxyl groups is 1. The highest BCUT2D eigenvalue weighted by Crippen LogP contribution is 2.17. The number of hydrogen-bond donors (Lipinski definition) is 2. The van der Waals surface area contributed by atoms with Gasteiger partial charge in [0.25, 0.3) is 0 Å². The molecule has 6 nitrogen and oxygen atoms in total. The maximum atomic E-state index is 9.67. The number of hydrogen-bond acceptors (Lipinski definition) is 4. The maximum absolute atomic E-state index is 9.67. The Balaban J connectivity index is 1.63. The zero-order chi connectivity index (χ0) is 16.1. The van der Waals surface area contributed by atoms with Crippen molar-refractivity contribution in [2.24, 2.45) is 10.7 Å². The van der Waals surface area contributed by atoms with Crippen LogP contribution >= 0.6 is 0 Å². The Morgan fingerprint density at radius 1 is 1.22 bits per heavy atom. The van der Waals surface area contributed by atoms with Crippen molar-refractivity contribution in [3.8, 4) is 0 Å². The van der Waals surface area contributed by atoms with Gasteiger partial charge in [-0.3, -0.25) is 4.90 Å². The third-order valence-corrected chi connectivity index (χ3v) is 4.51. The number of nitrogens with two attached hydrogens (primary N) is 1. The second-order valence-corrected chi connectivity index (χ2v) is 6.22. The summed E-state index contributed by atoms with van der Waals surface area (Å²) in [5.74, 6) is 0.597. The number of ether oxygens (including phenoxy) is 1. The van der Waals surface area contributed by atoms with Gasteiger partial charge in [-0.1, -0.05) is 24.3 Å². The number of likely N-dealkylation sites (tertiary alicyclic amines) is 1. The molecule has 0 spiro atoms. The normalized spacial score (nSPS) is 23.4. The molecule has 0 aromatic heterocycles. The fourth-order valence-corrected chi connectivity index (χ4v) is 3.12. The summed E-state index contributed by atoms with van der Waals surface area (Å²) < 4.78 is 5.34. The number of guanidine groups is 1. The minimum Gasteiger partial charge on any atom is -0.392 e. The van der Waals surface area contributed by atoms with Crippen LogP contribution in [-0.2, 0) is 17.8 Å². The van der Waals surface area contributed by atoms with Gasteiger partial charge in [-0.2, -0.15) is 0 Å². The number of rotatable bonds is 4. The van der Waals surface area contributed by atoms with Gasteiger partial charge in [0, 0.05) is 32.7 Å². The van der Waals surface area contributed by atoms with Gasteiger partial charge in [-0.15, -0.1) is 0 Å². The molecule has 2 aliphatic rings. The Morgan fingerprint density at radius 3 is 2.65 bits per heavy atom. The number of aliphatic imine (C=N–C) groups is 1. The molecule has 1 aromatic rings. The quantitative estimate of drug-likeness (QED) is 0.621. The minimum atomic E-state index is -0.183. The number of nitrogens with zero attached hydrogens (tertiary/aromatic N) is 3. The first-order valence-electron chi connectivity index (χ1n) is 8.32. The monoisotopic (exact) mass is 318 g/mol. The maximum Gasteiger partial charge on any atom is 0.191 e. The molecule has 0 amide bonds. The number of benzene rings is 1. The van der Waals surface area contributed by atoms with E-state index in [1.54, 1.807) is 0 Å². The van der Waals surface area contributed by atoms with E-state index in [1.165, 1.54) is 11.1 Å². The lowest BCUT2D eigenvalue weighted by Crippen LogP contribution is -2.44. The summed E-state index contributed by atoms with van der Waals surface area (Å²) in [7, 11) is 0. The summed E-state index contributed by atoms with van der Waals surface area (Å²) >= 11 is 0. The van der Waals surface area contributed by atoms with E-state index in [1.807, 2.05) is 6.07 Å². The lowest BCUT2D eigenvalue weighted by molar-refractivity contribution is 0.0674. The van der Waals surface area contributed by atoms with E-state index in [4.69, 9.17) is 10.5 Å². The van der Waals surface area contributed by atoms with Gasteiger partial charge in [0.05, 0.1) is 25.9 Å². The Bertz CT molecular complexity index is 543. The van der Waals surface area contributed by atoms with Crippen molar-refractivity contribution in [2.75, 3.05) is 39.4 Å². The van der Waals surface area contributed by atoms with Crippen molar-refractivity contribution in [1.29, 1.82) is 0 Å². The van der Waals surface area contributed by atoms with Crippen LogP contribution < -0.4 is 5.73 Å². The molecule has 0 radical (unpaired) electrons. The molecule has 0 aliphatic carbocycles. The van der Waals surface area contributed by atoms with Crippen LogP contribution in [0.4, 0.5) is 0 Å². The molecule has 3 rings (SSSR count). The van der Waals surface area contributed by atoms with Crippen LogP contribution in [0.5, 0.6) is 0 Å². The van der Waals surface area contributed by atoms with E-state index in [9.17, 15) is 5.11 Å². The third kappa shape index (κ3) is 4.43. The highest BCUT2D eigenvalue weighted by Gasteiger charge is 2.20. The summed E-state index contributed by atoms with van der Waals surface area (Å²) in [6.07, 6.45) is 0.682. The van der Waals surface area contributed by atoms with Gasteiger partial charge in [-0.25, -0.2) is 4.99 Å². The minimum absolute atomic E-state index is 0.183. The first-order valence-corrected chi connectivity index (χ1v) is 8.32. The number of β-amino-alcohol motifs (C(OH)–C–C–N with tert-alkyl or cyclic N) is 1. The first-order chi connectivity index (χ1) is 11.2. The van der Waals surface area contributed by atoms with Gasteiger partial charge in [0.2, 0.25) is 0 Å². The topological polar surface area (TPSA) is 74.3 Å². The van der Waals surface area contributed by atoms with Crippen LogP contribution in [0.15, 0.2) is 29.3 Å². The SMILES string of the molecule is NC(=NCc1ccccc1CN1CCC(O)C1)N1CCOCC1. The zero-order valence-corrected chi connectivity index (χ0v) is 13.5. The van der Waals surface area contributed by atoms with Gasteiger partial charge >= 0.3 is 0 Å². The highest BCUT2D eigenvalue weighted by molar-refractivity contribution is 5.78. The molecule has 3 N–H and O–H groups in total. The molecule has 2 fully saturated rings. The van der Waals surface area contributed by atoms with Crippen LogP contribution in [0.2, 0.25) is 0 Å². The molecule has 0 bridgehead atoms. The first kappa shape index (κ1) is 16.2. The van der Waals surface area contributed by atoms with Crippen molar-refractivity contribution in [3.63, 3.8) is 0 Å². The molecule has 1 atom stereocenters. The Hall–Kier alpha value is -1.63. The third-order valence-electron chi connectivity index (χ3n) is 4.51. The van der Waals surface area contributed by atoms with Gasteiger partial charge < -0.3 is 20.5 Å². The van der Waals surface area contributed by atoms with Crippen LogP contribution in [-0.4, -0.2) is 66.4 Å². The van der Waals surface area contributed by atoms with Crippen molar-refractivity contribution in [3.05, 3.63) is 35.4 Å². The van der Waals surface area contributed by atoms with E-state index >= 15 is 0 Å². The second-order valence-electron chi connectivity index (χ2n) is 6.22.